The van der Waals surface area contributed by atoms with Crippen molar-refractivity contribution in [1.82, 2.24) is 0 Å². The van der Waals surface area contributed by atoms with Gasteiger partial charge in [0.1, 0.15) is 5.78 Å². The second kappa shape index (κ2) is 2.07. The Morgan fingerprint density at radius 2 is 2.25 bits per heavy atom. The van der Waals surface area contributed by atoms with Crippen LogP contribution in [-0.2, 0) is 4.79 Å². The van der Waals surface area contributed by atoms with Crippen LogP contribution in [0.4, 0.5) is 0 Å². The molecule has 46 valence electrons. The van der Waals surface area contributed by atoms with E-state index in [-0.39, 0.29) is 11.0 Å². The molecule has 0 bridgehead atoms. The third-order valence-electron chi connectivity index (χ3n) is 1.32. The third-order valence-corrected chi connectivity index (χ3v) is 1.84. The van der Waals surface area contributed by atoms with Gasteiger partial charge in [0.2, 0.25) is 0 Å². The predicted molar refractivity (Wildman–Crippen MR) is 33.0 cm³/mol. The van der Waals surface area contributed by atoms with Gasteiger partial charge in [0, 0.05) is 18.1 Å². The van der Waals surface area contributed by atoms with Crippen LogP contribution in [0.25, 0.3) is 0 Å². The SMILES string of the molecule is O=C1CC(O)C(S)C1. The lowest BCUT2D eigenvalue weighted by Crippen LogP contribution is -2.11. The van der Waals surface area contributed by atoms with Gasteiger partial charge in [-0.05, 0) is 0 Å². The molecule has 1 fully saturated rings. The van der Waals surface area contributed by atoms with Gasteiger partial charge in [-0.25, -0.2) is 0 Å². The molecule has 0 aromatic carbocycles. The number of carbonyl (C=O) groups excluding carboxylic acids is 1. The van der Waals surface area contributed by atoms with Crippen molar-refractivity contribution in [2.45, 2.75) is 24.2 Å². The molecular formula is C5H8O2S. The number of hydrogen-bond donors (Lipinski definition) is 2. The van der Waals surface area contributed by atoms with Crippen molar-refractivity contribution in [3.05, 3.63) is 0 Å². The highest BCUT2D eigenvalue weighted by atomic mass is 32.1. The summed E-state index contributed by atoms with van der Waals surface area (Å²) in [6, 6.07) is 0. The fraction of sp³-hybridized carbons (Fsp3) is 0.800. The summed E-state index contributed by atoms with van der Waals surface area (Å²) in [5.74, 6) is 0.123. The van der Waals surface area contributed by atoms with Crippen LogP contribution in [0.2, 0.25) is 0 Å². The van der Waals surface area contributed by atoms with E-state index in [1.54, 1.807) is 0 Å². The number of aliphatic hydroxyl groups is 1. The van der Waals surface area contributed by atoms with Crippen LogP contribution in [0.15, 0.2) is 0 Å². The summed E-state index contributed by atoms with van der Waals surface area (Å²) in [6.45, 7) is 0. The molecule has 1 rings (SSSR count). The molecule has 0 aliphatic heterocycles. The van der Waals surface area contributed by atoms with Crippen LogP contribution < -0.4 is 0 Å². The van der Waals surface area contributed by atoms with E-state index in [1.807, 2.05) is 0 Å². The van der Waals surface area contributed by atoms with E-state index in [9.17, 15) is 4.79 Å². The third kappa shape index (κ3) is 1.03. The van der Waals surface area contributed by atoms with Crippen LogP contribution in [0, 0.1) is 0 Å². The molecule has 1 aliphatic rings. The minimum atomic E-state index is -0.495. The zero-order valence-electron chi connectivity index (χ0n) is 4.37. The fourth-order valence-electron chi connectivity index (χ4n) is 0.822. The summed E-state index contributed by atoms with van der Waals surface area (Å²) in [5, 5.41) is 8.76. The van der Waals surface area contributed by atoms with Gasteiger partial charge in [-0.2, -0.15) is 12.6 Å². The highest BCUT2D eigenvalue weighted by Gasteiger charge is 2.27. The van der Waals surface area contributed by atoms with Crippen molar-refractivity contribution in [2.75, 3.05) is 0 Å². The maximum atomic E-state index is 10.5. The van der Waals surface area contributed by atoms with Gasteiger partial charge in [0.15, 0.2) is 0 Å². The number of carbonyl (C=O) groups is 1. The second-order valence-electron chi connectivity index (χ2n) is 2.08. The maximum absolute atomic E-state index is 10.5. The normalized spacial score (nSPS) is 38.5. The minimum absolute atomic E-state index is 0.109. The predicted octanol–water partition coefficient (Wildman–Crippen LogP) is 0.00860. The van der Waals surface area contributed by atoms with Crippen molar-refractivity contribution in [2.24, 2.45) is 0 Å². The first kappa shape index (κ1) is 6.11. The molecule has 8 heavy (non-hydrogen) atoms. The Hall–Kier alpha value is -0.0200. The number of ketones is 1. The van der Waals surface area contributed by atoms with Gasteiger partial charge in [-0.1, -0.05) is 0 Å². The second-order valence-corrected chi connectivity index (χ2v) is 2.74. The first-order chi connectivity index (χ1) is 3.70. The Bertz CT molecular complexity index is 101. The lowest BCUT2D eigenvalue weighted by atomic mass is 10.3. The highest BCUT2D eigenvalue weighted by molar-refractivity contribution is 7.81. The van der Waals surface area contributed by atoms with Crippen LogP contribution in [0.3, 0.4) is 0 Å². The van der Waals surface area contributed by atoms with Gasteiger partial charge in [0.25, 0.3) is 0 Å². The molecule has 0 heterocycles. The van der Waals surface area contributed by atoms with Gasteiger partial charge in [0.05, 0.1) is 6.10 Å². The maximum Gasteiger partial charge on any atom is 0.136 e. The van der Waals surface area contributed by atoms with Crippen molar-refractivity contribution in [3.8, 4) is 0 Å². The Kier molecular flexibility index (Phi) is 1.58. The number of aliphatic hydroxyl groups excluding tert-OH is 1. The smallest absolute Gasteiger partial charge is 0.136 e. The van der Waals surface area contributed by atoms with Crippen LogP contribution >= 0.6 is 12.6 Å². The first-order valence-electron chi connectivity index (χ1n) is 2.58. The molecule has 2 unspecified atom stereocenters. The van der Waals surface area contributed by atoms with Crippen molar-refractivity contribution < 1.29 is 9.90 Å². The lowest BCUT2D eigenvalue weighted by molar-refractivity contribution is -0.117. The van der Waals surface area contributed by atoms with Crippen molar-refractivity contribution >= 4 is 18.4 Å². The molecule has 0 spiro atoms. The molecule has 2 atom stereocenters. The standard InChI is InChI=1S/C5H8O2S/c6-3-1-4(7)5(8)2-3/h4-5,7-8H,1-2H2. The summed E-state index contributed by atoms with van der Waals surface area (Å²) < 4.78 is 0. The molecule has 0 aromatic heterocycles. The number of thiol groups is 1. The zero-order valence-corrected chi connectivity index (χ0v) is 5.27. The Morgan fingerprint density at radius 1 is 1.62 bits per heavy atom. The van der Waals surface area contributed by atoms with E-state index in [1.165, 1.54) is 0 Å². The summed E-state index contributed by atoms with van der Waals surface area (Å²) in [7, 11) is 0. The quantitative estimate of drug-likeness (QED) is 0.455. The van der Waals surface area contributed by atoms with E-state index in [2.05, 4.69) is 12.6 Å². The average Bonchev–Trinajstić information content (AvgIpc) is 1.85. The molecule has 0 saturated heterocycles. The van der Waals surface area contributed by atoms with Gasteiger partial charge in [-0.3, -0.25) is 4.79 Å². The Morgan fingerprint density at radius 3 is 2.38 bits per heavy atom. The number of Topliss-reactive ketones (excluding diaryl/α,β-unsaturated/α-hetero) is 1. The zero-order chi connectivity index (χ0) is 6.15. The van der Waals surface area contributed by atoms with E-state index in [4.69, 9.17) is 5.11 Å². The average molecular weight is 132 g/mol. The van der Waals surface area contributed by atoms with Gasteiger partial charge >= 0.3 is 0 Å². The molecule has 0 radical (unpaired) electrons. The van der Waals surface area contributed by atoms with Crippen LogP contribution in [-0.4, -0.2) is 22.2 Å². The Balaban J connectivity index is 2.51. The molecule has 1 N–H and O–H groups in total. The van der Waals surface area contributed by atoms with E-state index >= 15 is 0 Å². The lowest BCUT2D eigenvalue weighted by Gasteiger charge is -2.01. The van der Waals surface area contributed by atoms with Crippen molar-refractivity contribution in [3.63, 3.8) is 0 Å². The summed E-state index contributed by atoms with van der Waals surface area (Å²) in [5.41, 5.74) is 0. The molecule has 1 aliphatic carbocycles. The minimum Gasteiger partial charge on any atom is -0.392 e. The summed E-state index contributed by atoms with van der Waals surface area (Å²) in [6.07, 6.45) is 0.240. The molecule has 2 nitrogen and oxygen atoms in total. The van der Waals surface area contributed by atoms with Crippen LogP contribution in [0.5, 0.6) is 0 Å². The summed E-state index contributed by atoms with van der Waals surface area (Å²) in [4.78, 5) is 10.5. The van der Waals surface area contributed by atoms with E-state index < -0.39 is 6.10 Å². The molecule has 1 saturated carbocycles. The Labute approximate surface area is 53.3 Å². The van der Waals surface area contributed by atoms with Gasteiger partial charge < -0.3 is 5.11 Å². The van der Waals surface area contributed by atoms with E-state index in [0.717, 1.165) is 0 Å². The topological polar surface area (TPSA) is 37.3 Å². The number of hydrogen-bond acceptors (Lipinski definition) is 3. The van der Waals surface area contributed by atoms with Gasteiger partial charge in [-0.15, -0.1) is 0 Å². The van der Waals surface area contributed by atoms with Crippen LogP contribution in [0.1, 0.15) is 12.8 Å². The fourth-order valence-corrected chi connectivity index (χ4v) is 1.13. The number of rotatable bonds is 0. The van der Waals surface area contributed by atoms with E-state index in [0.29, 0.717) is 12.8 Å². The van der Waals surface area contributed by atoms with Crippen molar-refractivity contribution in [1.29, 1.82) is 0 Å². The summed E-state index contributed by atoms with van der Waals surface area (Å²) >= 11 is 3.98. The molecule has 0 aromatic rings. The molecule has 0 amide bonds. The highest BCUT2D eigenvalue weighted by Crippen LogP contribution is 2.19. The first-order valence-corrected chi connectivity index (χ1v) is 3.09. The largest absolute Gasteiger partial charge is 0.392 e. The monoisotopic (exact) mass is 132 g/mol. The molecule has 3 heteroatoms. The molecular weight excluding hydrogens is 124 g/mol.